The number of methoxy groups -OCH3 is 1. The SMILES string of the molecule is COc1cc(/C=C2\SC(=O)N(CCNC(=O)c3ccncc3)C2=O)ccc1OC(F)F. The fraction of sp³-hybridized carbons (Fsp3) is 0.200. The molecule has 1 aromatic heterocycles. The summed E-state index contributed by atoms with van der Waals surface area (Å²) in [5, 5.41) is 2.16. The fourth-order valence-corrected chi connectivity index (χ4v) is 3.56. The van der Waals surface area contributed by atoms with E-state index < -0.39 is 17.8 Å². The Morgan fingerprint density at radius 2 is 1.97 bits per heavy atom. The van der Waals surface area contributed by atoms with Crippen molar-refractivity contribution in [3.05, 3.63) is 58.8 Å². The highest BCUT2D eigenvalue weighted by Crippen LogP contribution is 2.34. The van der Waals surface area contributed by atoms with Crippen molar-refractivity contribution in [2.24, 2.45) is 0 Å². The Kier molecular flexibility index (Phi) is 7.19. The van der Waals surface area contributed by atoms with Crippen LogP contribution in [0.25, 0.3) is 6.08 Å². The first-order chi connectivity index (χ1) is 14.9. The van der Waals surface area contributed by atoms with E-state index in [4.69, 9.17) is 4.74 Å². The van der Waals surface area contributed by atoms with Gasteiger partial charge in [0.2, 0.25) is 0 Å². The van der Waals surface area contributed by atoms with E-state index in [0.29, 0.717) is 11.1 Å². The molecule has 1 fully saturated rings. The first kappa shape index (κ1) is 22.2. The summed E-state index contributed by atoms with van der Waals surface area (Å²) in [6, 6.07) is 7.26. The number of carbonyl (C=O) groups excluding carboxylic acids is 3. The number of rotatable bonds is 8. The molecule has 1 aromatic carbocycles. The number of nitrogens with one attached hydrogen (secondary N) is 1. The van der Waals surface area contributed by atoms with E-state index >= 15 is 0 Å². The monoisotopic (exact) mass is 449 g/mol. The van der Waals surface area contributed by atoms with Crippen LogP contribution in [0.5, 0.6) is 11.5 Å². The van der Waals surface area contributed by atoms with Gasteiger partial charge in [0.15, 0.2) is 11.5 Å². The zero-order chi connectivity index (χ0) is 22.4. The molecule has 0 aliphatic carbocycles. The third kappa shape index (κ3) is 5.57. The smallest absolute Gasteiger partial charge is 0.387 e. The highest BCUT2D eigenvalue weighted by molar-refractivity contribution is 8.18. The number of halogens is 2. The van der Waals surface area contributed by atoms with Crippen molar-refractivity contribution in [3.8, 4) is 11.5 Å². The first-order valence-electron chi connectivity index (χ1n) is 8.95. The number of hydrogen-bond acceptors (Lipinski definition) is 7. The molecule has 2 aromatic rings. The van der Waals surface area contributed by atoms with Crippen molar-refractivity contribution in [2.45, 2.75) is 6.61 Å². The quantitative estimate of drug-likeness (QED) is 0.618. The number of imide groups is 1. The van der Waals surface area contributed by atoms with Crippen LogP contribution >= 0.6 is 11.8 Å². The van der Waals surface area contributed by atoms with Crippen LogP contribution in [0.4, 0.5) is 13.6 Å². The predicted octanol–water partition coefficient (Wildman–Crippen LogP) is 3.16. The molecule has 0 spiro atoms. The average molecular weight is 449 g/mol. The van der Waals surface area contributed by atoms with E-state index in [1.807, 2.05) is 0 Å². The molecule has 11 heteroatoms. The van der Waals surface area contributed by atoms with Crippen LogP contribution < -0.4 is 14.8 Å². The number of nitrogens with zero attached hydrogens (tertiary/aromatic N) is 2. The van der Waals surface area contributed by atoms with Gasteiger partial charge in [-0.15, -0.1) is 0 Å². The molecule has 0 bridgehead atoms. The molecule has 3 rings (SSSR count). The van der Waals surface area contributed by atoms with Crippen molar-refractivity contribution in [3.63, 3.8) is 0 Å². The van der Waals surface area contributed by atoms with Crippen molar-refractivity contribution in [1.82, 2.24) is 15.2 Å². The Morgan fingerprint density at radius 1 is 1.23 bits per heavy atom. The van der Waals surface area contributed by atoms with Crippen molar-refractivity contribution in [1.29, 1.82) is 0 Å². The van der Waals surface area contributed by atoms with E-state index in [-0.39, 0.29) is 35.4 Å². The van der Waals surface area contributed by atoms with Gasteiger partial charge in [0, 0.05) is 31.0 Å². The van der Waals surface area contributed by atoms with Gasteiger partial charge >= 0.3 is 6.61 Å². The van der Waals surface area contributed by atoms with Gasteiger partial charge in [0.25, 0.3) is 17.1 Å². The standard InChI is InChI=1S/C20H17F2N3O5S/c1-29-15-10-12(2-3-14(15)30-19(21)22)11-16-18(27)25(20(28)31-16)9-8-24-17(26)13-4-6-23-7-5-13/h2-7,10-11,19H,8-9H2,1H3,(H,24,26)/b16-11-. The maximum atomic E-state index is 12.6. The molecule has 1 saturated heterocycles. The molecule has 1 aliphatic rings. The Balaban J connectivity index is 1.64. The maximum absolute atomic E-state index is 12.6. The van der Waals surface area contributed by atoms with Crippen LogP contribution in [0.1, 0.15) is 15.9 Å². The molecule has 1 aliphatic heterocycles. The third-order valence-corrected chi connectivity index (χ3v) is 5.05. The summed E-state index contributed by atoms with van der Waals surface area (Å²) in [5.41, 5.74) is 0.882. The van der Waals surface area contributed by atoms with Crippen LogP contribution in [0, 0.1) is 0 Å². The zero-order valence-electron chi connectivity index (χ0n) is 16.2. The second-order valence-corrected chi connectivity index (χ2v) is 7.11. The van der Waals surface area contributed by atoms with Crippen LogP contribution in [-0.4, -0.2) is 53.7 Å². The summed E-state index contributed by atoms with van der Waals surface area (Å²) in [5.74, 6) is -0.942. The number of pyridine rings is 1. The second-order valence-electron chi connectivity index (χ2n) is 6.11. The number of thioether (sulfide) groups is 1. The Labute approximate surface area is 180 Å². The zero-order valence-corrected chi connectivity index (χ0v) is 17.0. The van der Waals surface area contributed by atoms with Crippen LogP contribution in [0.2, 0.25) is 0 Å². The van der Waals surface area contributed by atoms with E-state index in [2.05, 4.69) is 15.0 Å². The van der Waals surface area contributed by atoms with Crippen molar-refractivity contribution in [2.75, 3.05) is 20.2 Å². The maximum Gasteiger partial charge on any atom is 0.387 e. The molecule has 0 atom stereocenters. The van der Waals surface area contributed by atoms with Gasteiger partial charge in [0.05, 0.1) is 12.0 Å². The third-order valence-electron chi connectivity index (χ3n) is 4.14. The van der Waals surface area contributed by atoms with Crippen molar-refractivity contribution >= 4 is 34.9 Å². The van der Waals surface area contributed by atoms with Crippen molar-refractivity contribution < 1.29 is 32.6 Å². The van der Waals surface area contributed by atoms with Gasteiger partial charge in [-0.3, -0.25) is 24.3 Å². The summed E-state index contributed by atoms with van der Waals surface area (Å²) < 4.78 is 34.3. The molecular formula is C20H17F2N3O5S. The predicted molar refractivity (Wildman–Crippen MR) is 109 cm³/mol. The van der Waals surface area contributed by atoms with Gasteiger partial charge in [0.1, 0.15) is 0 Å². The topological polar surface area (TPSA) is 97.8 Å². The number of carbonyl (C=O) groups is 3. The Morgan fingerprint density at radius 3 is 2.65 bits per heavy atom. The number of hydrogen-bond donors (Lipinski definition) is 1. The Bertz CT molecular complexity index is 1020. The first-order valence-corrected chi connectivity index (χ1v) is 9.77. The van der Waals surface area contributed by atoms with E-state index in [0.717, 1.165) is 16.7 Å². The van der Waals surface area contributed by atoms with Crippen LogP contribution in [0.15, 0.2) is 47.6 Å². The van der Waals surface area contributed by atoms with E-state index in [1.54, 1.807) is 12.1 Å². The largest absolute Gasteiger partial charge is 0.493 e. The van der Waals surface area contributed by atoms with Crippen LogP contribution in [0.3, 0.4) is 0 Å². The number of benzene rings is 1. The molecule has 1 N–H and O–H groups in total. The number of alkyl halides is 2. The molecule has 0 unspecified atom stereocenters. The lowest BCUT2D eigenvalue weighted by atomic mass is 10.2. The summed E-state index contributed by atoms with van der Waals surface area (Å²) in [6.07, 6.45) is 4.42. The van der Waals surface area contributed by atoms with E-state index in [9.17, 15) is 23.2 Å². The minimum absolute atomic E-state index is 0.00329. The Hall–Kier alpha value is -3.47. The molecule has 2 heterocycles. The fourth-order valence-electron chi connectivity index (χ4n) is 2.70. The minimum atomic E-state index is -3.00. The van der Waals surface area contributed by atoms with Gasteiger partial charge in [-0.2, -0.15) is 8.78 Å². The van der Waals surface area contributed by atoms with E-state index in [1.165, 1.54) is 43.8 Å². The molecular weight excluding hydrogens is 432 g/mol. The van der Waals surface area contributed by atoms with Gasteiger partial charge in [-0.1, -0.05) is 6.07 Å². The molecule has 8 nitrogen and oxygen atoms in total. The lowest BCUT2D eigenvalue weighted by Gasteiger charge is -2.13. The van der Waals surface area contributed by atoms with Crippen LogP contribution in [-0.2, 0) is 4.79 Å². The normalized spacial score (nSPS) is 15.0. The molecule has 0 radical (unpaired) electrons. The number of aromatic nitrogens is 1. The molecule has 162 valence electrons. The summed E-state index contributed by atoms with van der Waals surface area (Å²) in [6.45, 7) is -2.92. The average Bonchev–Trinajstić information content (AvgIpc) is 3.02. The minimum Gasteiger partial charge on any atom is -0.493 e. The number of ether oxygens (including phenoxy) is 2. The van der Waals surface area contributed by atoms with Gasteiger partial charge in [-0.25, -0.2) is 0 Å². The molecule has 0 saturated carbocycles. The number of amides is 3. The lowest BCUT2D eigenvalue weighted by Crippen LogP contribution is -2.37. The summed E-state index contributed by atoms with van der Waals surface area (Å²) >= 11 is 0.746. The highest BCUT2D eigenvalue weighted by Gasteiger charge is 2.34. The second kappa shape index (κ2) is 10.0. The highest BCUT2D eigenvalue weighted by atomic mass is 32.2. The van der Waals surface area contributed by atoms with Gasteiger partial charge < -0.3 is 14.8 Å². The molecule has 3 amide bonds. The lowest BCUT2D eigenvalue weighted by molar-refractivity contribution is -0.122. The van der Waals surface area contributed by atoms with Gasteiger partial charge in [-0.05, 0) is 47.7 Å². The summed E-state index contributed by atoms with van der Waals surface area (Å²) in [7, 11) is 1.30. The molecule has 31 heavy (non-hydrogen) atoms. The summed E-state index contributed by atoms with van der Waals surface area (Å²) in [4.78, 5) is 41.8.